The maximum Gasteiger partial charge on any atom is 0.226 e. The Labute approximate surface area is 222 Å². The predicted octanol–water partition coefficient (Wildman–Crippen LogP) is 3.96. The number of ketones is 2. The van der Waals surface area contributed by atoms with Gasteiger partial charge in [-0.15, -0.1) is 0 Å². The summed E-state index contributed by atoms with van der Waals surface area (Å²) in [7, 11) is 2.87. The molecule has 0 atom stereocenters. The molecule has 0 aliphatic heterocycles. The molecule has 2 heterocycles. The highest BCUT2D eigenvalue weighted by Gasteiger charge is 2.06. The molecule has 0 aliphatic rings. The molecule has 196 valence electrons. The molecule has 4 rings (SSSR count). The Morgan fingerprint density at radius 3 is 1.97 bits per heavy atom. The number of rotatable bonds is 8. The average molecular weight is 538 g/mol. The molecular formula is C26H24ClN5O6. The van der Waals surface area contributed by atoms with E-state index >= 15 is 0 Å². The number of anilines is 1. The maximum atomic E-state index is 11.9. The van der Waals surface area contributed by atoms with E-state index in [0.717, 1.165) is 0 Å². The van der Waals surface area contributed by atoms with Crippen LogP contribution in [0, 0.1) is 0 Å². The summed E-state index contributed by atoms with van der Waals surface area (Å²) in [6.45, 7) is 0. The minimum absolute atomic E-state index is 0.00662. The van der Waals surface area contributed by atoms with Crippen molar-refractivity contribution in [3.63, 3.8) is 0 Å². The summed E-state index contributed by atoms with van der Waals surface area (Å²) in [5.41, 5.74) is 7.93. The van der Waals surface area contributed by atoms with Gasteiger partial charge >= 0.3 is 0 Å². The largest absolute Gasteiger partial charge is 0.504 e. The summed E-state index contributed by atoms with van der Waals surface area (Å²) in [6.07, 6.45) is 6.93. The van der Waals surface area contributed by atoms with Crippen molar-refractivity contribution in [3.05, 3.63) is 71.3 Å². The third-order valence-electron chi connectivity index (χ3n) is 4.97. The van der Waals surface area contributed by atoms with E-state index in [1.165, 1.54) is 44.8 Å². The molecule has 11 nitrogen and oxygen atoms in total. The number of aromatic nitrogens is 4. The number of phenols is 2. The quantitative estimate of drug-likeness (QED) is 0.146. The lowest BCUT2D eigenvalue weighted by atomic mass is 10.1. The van der Waals surface area contributed by atoms with Gasteiger partial charge < -0.3 is 30.4 Å². The number of methoxy groups -OCH3 is 2. The average Bonchev–Trinajstić information content (AvgIpc) is 3.37. The summed E-state index contributed by atoms with van der Waals surface area (Å²) in [4.78, 5) is 38.1. The van der Waals surface area contributed by atoms with Gasteiger partial charge in [0.15, 0.2) is 46.0 Å². The number of phenolic OH excluding ortho intramolecular Hbond substituents is 2. The Bertz CT molecular complexity index is 1440. The van der Waals surface area contributed by atoms with E-state index in [9.17, 15) is 19.8 Å². The molecule has 0 aliphatic carbocycles. The number of carbonyl (C=O) groups is 2. The standard InChI is InChI=1S/C21H20O6.C5H4ClN5/c1-26-20-11-14(5-9-18(20)24)3-7-16(22)13-17(23)8-4-15-6-10-19(25)21(12-15)27-2;6-5-10-3(7)2-4(11-5)9-1-8-2/h3-12,24-25H,13H2,1-2H3;1H,(H3,7,8,9,10,11)/b7-3+,8-4+;. The molecule has 0 unspecified atom stereocenters. The molecule has 2 aromatic carbocycles. The lowest BCUT2D eigenvalue weighted by Gasteiger charge is -2.03. The highest BCUT2D eigenvalue weighted by Crippen LogP contribution is 2.27. The molecule has 0 radical (unpaired) electrons. The monoisotopic (exact) mass is 537 g/mol. The van der Waals surface area contributed by atoms with E-state index in [-0.39, 0.29) is 34.8 Å². The second-order valence-electron chi connectivity index (χ2n) is 7.62. The number of aromatic hydroxyl groups is 2. The molecule has 0 saturated carbocycles. The molecule has 4 aromatic rings. The van der Waals surface area contributed by atoms with Crippen molar-refractivity contribution in [2.24, 2.45) is 0 Å². The summed E-state index contributed by atoms with van der Waals surface area (Å²) in [5.74, 6) is 0.234. The number of fused-ring (bicyclic) bond motifs is 1. The number of aromatic amines is 1. The first-order valence-corrected chi connectivity index (χ1v) is 11.4. The SMILES string of the molecule is COc1cc(/C=C/C(=O)CC(=O)/C=C/c2ccc(O)c(OC)c2)ccc1O.Nc1nc(Cl)nc2nc[nH]c12. The number of nitrogen functional groups attached to an aromatic ring is 1. The Morgan fingerprint density at radius 2 is 1.47 bits per heavy atom. The topological polar surface area (TPSA) is 174 Å². The normalized spacial score (nSPS) is 10.9. The number of nitrogens with one attached hydrogen (secondary N) is 1. The van der Waals surface area contributed by atoms with Crippen LogP contribution >= 0.6 is 11.6 Å². The van der Waals surface area contributed by atoms with E-state index in [1.807, 2.05) is 0 Å². The molecule has 0 spiro atoms. The van der Waals surface area contributed by atoms with Gasteiger partial charge in [0.05, 0.1) is 27.0 Å². The number of hydrogen-bond acceptors (Lipinski definition) is 10. The Morgan fingerprint density at radius 1 is 0.947 bits per heavy atom. The third kappa shape index (κ3) is 7.55. The van der Waals surface area contributed by atoms with Gasteiger partial charge in [-0.3, -0.25) is 9.59 Å². The zero-order chi connectivity index (χ0) is 27.7. The highest BCUT2D eigenvalue weighted by molar-refractivity contribution is 6.28. The van der Waals surface area contributed by atoms with Crippen molar-refractivity contribution < 1.29 is 29.3 Å². The van der Waals surface area contributed by atoms with Crippen LogP contribution in [0.1, 0.15) is 17.5 Å². The zero-order valence-corrected chi connectivity index (χ0v) is 21.1. The number of nitrogens with two attached hydrogens (primary N) is 1. The first kappa shape index (κ1) is 27.7. The van der Waals surface area contributed by atoms with E-state index in [4.69, 9.17) is 26.8 Å². The van der Waals surface area contributed by atoms with Gasteiger partial charge in [-0.05, 0) is 59.1 Å². The highest BCUT2D eigenvalue weighted by atomic mass is 35.5. The number of halogens is 1. The smallest absolute Gasteiger partial charge is 0.226 e. The number of H-pyrrole nitrogens is 1. The van der Waals surface area contributed by atoms with Gasteiger partial charge in [-0.25, -0.2) is 4.98 Å². The Kier molecular flexibility index (Phi) is 9.38. The van der Waals surface area contributed by atoms with E-state index < -0.39 is 0 Å². The first-order chi connectivity index (χ1) is 18.2. The van der Waals surface area contributed by atoms with Gasteiger partial charge in [-0.2, -0.15) is 9.97 Å². The predicted molar refractivity (Wildman–Crippen MR) is 143 cm³/mol. The molecule has 0 saturated heterocycles. The number of ether oxygens (including phenoxy) is 2. The molecule has 0 fully saturated rings. The van der Waals surface area contributed by atoms with Gasteiger partial charge in [0.25, 0.3) is 0 Å². The van der Waals surface area contributed by atoms with E-state index in [1.54, 1.807) is 36.4 Å². The number of allylic oxidation sites excluding steroid dienone is 2. The molecule has 0 bridgehead atoms. The summed E-state index contributed by atoms with van der Waals surface area (Å²) >= 11 is 5.52. The molecule has 2 aromatic heterocycles. The van der Waals surface area contributed by atoms with Crippen molar-refractivity contribution in [2.75, 3.05) is 20.0 Å². The van der Waals surface area contributed by atoms with Crippen LogP contribution < -0.4 is 15.2 Å². The lowest BCUT2D eigenvalue weighted by Crippen LogP contribution is -2.01. The van der Waals surface area contributed by atoms with Crippen molar-refractivity contribution >= 4 is 52.3 Å². The number of nitrogens with zero attached hydrogens (tertiary/aromatic N) is 3. The second kappa shape index (κ2) is 12.9. The number of benzene rings is 2. The van der Waals surface area contributed by atoms with Gasteiger partial charge in [0, 0.05) is 0 Å². The van der Waals surface area contributed by atoms with Crippen LogP contribution in [0.15, 0.2) is 54.9 Å². The van der Waals surface area contributed by atoms with Crippen LogP contribution in [0.25, 0.3) is 23.3 Å². The van der Waals surface area contributed by atoms with Gasteiger partial charge in [0.1, 0.15) is 5.52 Å². The summed E-state index contributed by atoms with van der Waals surface area (Å²) in [5, 5.41) is 19.2. The molecule has 5 N–H and O–H groups in total. The van der Waals surface area contributed by atoms with Gasteiger partial charge in [0.2, 0.25) is 5.28 Å². The third-order valence-corrected chi connectivity index (χ3v) is 5.13. The van der Waals surface area contributed by atoms with E-state index in [2.05, 4.69) is 19.9 Å². The van der Waals surface area contributed by atoms with Crippen LogP contribution in [-0.2, 0) is 9.59 Å². The van der Waals surface area contributed by atoms with Crippen LogP contribution in [0.3, 0.4) is 0 Å². The molecule has 38 heavy (non-hydrogen) atoms. The van der Waals surface area contributed by atoms with Crippen LogP contribution in [0.5, 0.6) is 23.0 Å². The first-order valence-electron chi connectivity index (χ1n) is 11.0. The van der Waals surface area contributed by atoms with Crippen LogP contribution in [0.4, 0.5) is 5.82 Å². The Balaban J connectivity index is 0.000000299. The zero-order valence-electron chi connectivity index (χ0n) is 20.4. The molecule has 12 heteroatoms. The number of carbonyl (C=O) groups excluding carboxylic acids is 2. The maximum absolute atomic E-state index is 11.9. The fraction of sp³-hybridized carbons (Fsp3) is 0.115. The minimum Gasteiger partial charge on any atom is -0.504 e. The van der Waals surface area contributed by atoms with Crippen molar-refractivity contribution in [1.82, 2.24) is 19.9 Å². The minimum atomic E-state index is -0.347. The lowest BCUT2D eigenvalue weighted by molar-refractivity contribution is -0.121. The summed E-state index contributed by atoms with van der Waals surface area (Å²) in [6, 6.07) is 9.34. The van der Waals surface area contributed by atoms with Gasteiger partial charge in [-0.1, -0.05) is 24.3 Å². The molecule has 0 amide bonds. The number of imidazole rings is 1. The van der Waals surface area contributed by atoms with Crippen molar-refractivity contribution in [1.29, 1.82) is 0 Å². The summed E-state index contributed by atoms with van der Waals surface area (Å²) < 4.78 is 10.00. The fourth-order valence-corrected chi connectivity index (χ4v) is 3.26. The molecular weight excluding hydrogens is 514 g/mol. The fourth-order valence-electron chi connectivity index (χ4n) is 3.09. The van der Waals surface area contributed by atoms with Crippen LogP contribution in [0.2, 0.25) is 5.28 Å². The van der Waals surface area contributed by atoms with Crippen molar-refractivity contribution in [3.8, 4) is 23.0 Å². The number of hydrogen-bond donors (Lipinski definition) is 4. The second-order valence-corrected chi connectivity index (χ2v) is 7.96. The van der Waals surface area contributed by atoms with E-state index in [0.29, 0.717) is 39.6 Å². The van der Waals surface area contributed by atoms with Crippen molar-refractivity contribution in [2.45, 2.75) is 6.42 Å². The Hall–Kier alpha value is -4.90. The van der Waals surface area contributed by atoms with Crippen LogP contribution in [-0.4, -0.2) is 55.9 Å².